The highest BCUT2D eigenvalue weighted by atomic mass is 19.1. The summed E-state index contributed by atoms with van der Waals surface area (Å²) in [5.41, 5.74) is 4.87. The van der Waals surface area contributed by atoms with E-state index in [1.165, 1.54) is 54.7 Å². The number of aromatic hydroxyl groups is 1. The topological polar surface area (TPSA) is 95.7 Å². The molecule has 0 aliphatic rings. The van der Waals surface area contributed by atoms with E-state index in [0.717, 1.165) is 16.5 Å². The monoisotopic (exact) mass is 430 g/mol. The molecule has 160 valence electrons. The maximum absolute atomic E-state index is 13.0. The summed E-state index contributed by atoms with van der Waals surface area (Å²) < 4.78 is 14.8. The number of hydrogen-bond donors (Lipinski definition) is 3. The first-order chi connectivity index (χ1) is 15.5. The minimum absolute atomic E-state index is 0.0472. The lowest BCUT2D eigenvalue weighted by atomic mass is 10.2. The fraction of sp³-hybridized carbons (Fsp3) is 0.0417. The molecule has 7 nitrogen and oxygen atoms in total. The number of benzene rings is 3. The Labute approximate surface area is 182 Å². The van der Waals surface area contributed by atoms with E-state index in [1.54, 1.807) is 10.8 Å². The third kappa shape index (κ3) is 4.81. The summed E-state index contributed by atoms with van der Waals surface area (Å²) in [6.45, 7) is 0.0472. The number of fused-ring (bicyclic) bond motifs is 1. The molecule has 0 aliphatic carbocycles. The fourth-order valence-electron chi connectivity index (χ4n) is 3.24. The average molecular weight is 430 g/mol. The van der Waals surface area contributed by atoms with Crippen molar-refractivity contribution in [2.24, 2.45) is 5.10 Å². The summed E-state index contributed by atoms with van der Waals surface area (Å²) in [6.07, 6.45) is 3.28. The summed E-state index contributed by atoms with van der Waals surface area (Å²) in [6, 6.07) is 18.9. The summed E-state index contributed by atoms with van der Waals surface area (Å²) in [5, 5.41) is 16.9. The van der Waals surface area contributed by atoms with Gasteiger partial charge in [0.25, 0.3) is 5.91 Å². The molecule has 1 heterocycles. The highest BCUT2D eigenvalue weighted by Gasteiger charge is 2.11. The molecule has 4 rings (SSSR count). The van der Waals surface area contributed by atoms with Gasteiger partial charge in [0.05, 0.1) is 6.21 Å². The Morgan fingerprint density at radius 2 is 1.72 bits per heavy atom. The van der Waals surface area contributed by atoms with Crippen molar-refractivity contribution in [3.63, 3.8) is 0 Å². The molecule has 8 heteroatoms. The number of nitrogens with zero attached hydrogens (tertiary/aromatic N) is 2. The summed E-state index contributed by atoms with van der Waals surface area (Å²) >= 11 is 0. The second-order valence-electron chi connectivity index (χ2n) is 7.03. The highest BCUT2D eigenvalue weighted by Crippen LogP contribution is 2.20. The number of phenolic OH excluding ortho intramolecular Hbond substituents is 1. The lowest BCUT2D eigenvalue weighted by Gasteiger charge is -2.07. The molecule has 0 fully saturated rings. The van der Waals surface area contributed by atoms with Crippen molar-refractivity contribution >= 4 is 34.6 Å². The molecular formula is C24H19FN4O3. The van der Waals surface area contributed by atoms with Crippen molar-refractivity contribution < 1.29 is 19.1 Å². The summed E-state index contributed by atoms with van der Waals surface area (Å²) in [4.78, 5) is 24.6. The van der Waals surface area contributed by atoms with Gasteiger partial charge in [-0.25, -0.2) is 9.82 Å². The van der Waals surface area contributed by atoms with Crippen LogP contribution in [0.25, 0.3) is 10.9 Å². The van der Waals surface area contributed by atoms with Crippen molar-refractivity contribution in [1.82, 2.24) is 9.99 Å². The largest absolute Gasteiger partial charge is 0.508 e. The Kier molecular flexibility index (Phi) is 5.94. The summed E-state index contributed by atoms with van der Waals surface area (Å²) in [7, 11) is 0. The van der Waals surface area contributed by atoms with Crippen LogP contribution in [0.15, 0.2) is 84.1 Å². The zero-order chi connectivity index (χ0) is 22.5. The van der Waals surface area contributed by atoms with E-state index in [-0.39, 0.29) is 24.0 Å². The third-order valence-electron chi connectivity index (χ3n) is 4.76. The van der Waals surface area contributed by atoms with E-state index < -0.39 is 5.91 Å². The molecule has 32 heavy (non-hydrogen) atoms. The number of para-hydroxylation sites is 1. The smallest absolute Gasteiger partial charge is 0.271 e. The maximum atomic E-state index is 13.0. The zero-order valence-corrected chi connectivity index (χ0v) is 16.8. The van der Waals surface area contributed by atoms with Crippen LogP contribution in [0.1, 0.15) is 15.9 Å². The molecule has 1 aromatic heterocycles. The van der Waals surface area contributed by atoms with Crippen LogP contribution in [0.3, 0.4) is 0 Å². The Morgan fingerprint density at radius 1 is 1.00 bits per heavy atom. The van der Waals surface area contributed by atoms with E-state index in [1.807, 2.05) is 24.3 Å². The van der Waals surface area contributed by atoms with Crippen LogP contribution in [-0.2, 0) is 11.3 Å². The zero-order valence-electron chi connectivity index (χ0n) is 16.8. The lowest BCUT2D eigenvalue weighted by Crippen LogP contribution is -2.18. The number of halogens is 1. The van der Waals surface area contributed by atoms with Crippen LogP contribution in [-0.4, -0.2) is 27.7 Å². The molecule has 3 aromatic carbocycles. The number of hydrazone groups is 1. The minimum Gasteiger partial charge on any atom is -0.508 e. The lowest BCUT2D eigenvalue weighted by molar-refractivity contribution is -0.116. The Hall–Kier alpha value is -4.46. The maximum Gasteiger partial charge on any atom is 0.271 e. The molecule has 3 N–H and O–H groups in total. The predicted octanol–water partition coefficient (Wildman–Crippen LogP) is 3.89. The number of anilines is 1. The second-order valence-corrected chi connectivity index (χ2v) is 7.03. The van der Waals surface area contributed by atoms with Gasteiger partial charge in [-0.1, -0.05) is 18.2 Å². The quantitative estimate of drug-likeness (QED) is 0.320. The SMILES string of the molecule is O=C(Cn1cc(/C=N\NC(=O)c2ccc(O)cc2)c2ccccc21)Nc1ccc(F)cc1. The second kappa shape index (κ2) is 9.13. The minimum atomic E-state index is -0.413. The van der Waals surface area contributed by atoms with Gasteiger partial charge in [0.15, 0.2) is 0 Å². The first kappa shape index (κ1) is 20.8. The van der Waals surface area contributed by atoms with E-state index >= 15 is 0 Å². The first-order valence-electron chi connectivity index (χ1n) is 9.75. The highest BCUT2D eigenvalue weighted by molar-refractivity contribution is 6.01. The number of amides is 2. The number of carbonyl (C=O) groups is 2. The molecule has 0 saturated carbocycles. The van der Waals surface area contributed by atoms with Crippen molar-refractivity contribution in [2.45, 2.75) is 6.54 Å². The molecule has 0 spiro atoms. The van der Waals surface area contributed by atoms with Gasteiger partial charge in [-0.3, -0.25) is 9.59 Å². The number of phenols is 1. The van der Waals surface area contributed by atoms with Crippen molar-refractivity contribution in [3.8, 4) is 5.75 Å². The van der Waals surface area contributed by atoms with Gasteiger partial charge >= 0.3 is 0 Å². The van der Waals surface area contributed by atoms with Crippen LogP contribution < -0.4 is 10.7 Å². The number of hydrogen-bond acceptors (Lipinski definition) is 4. The molecule has 0 unspecified atom stereocenters. The molecule has 4 aromatic rings. The number of carbonyl (C=O) groups excluding carboxylic acids is 2. The van der Waals surface area contributed by atoms with Crippen molar-refractivity contribution in [3.05, 3.63) is 95.9 Å². The Balaban J connectivity index is 1.48. The molecule has 0 radical (unpaired) electrons. The van der Waals surface area contributed by atoms with Crippen LogP contribution in [0.4, 0.5) is 10.1 Å². The van der Waals surface area contributed by atoms with Gasteiger partial charge in [0, 0.05) is 33.9 Å². The number of aromatic nitrogens is 1. The predicted molar refractivity (Wildman–Crippen MR) is 120 cm³/mol. The van der Waals surface area contributed by atoms with Gasteiger partial charge in [-0.15, -0.1) is 0 Å². The Morgan fingerprint density at radius 3 is 2.47 bits per heavy atom. The molecule has 2 amide bonds. The van der Waals surface area contributed by atoms with Gasteiger partial charge < -0.3 is 15.0 Å². The fourth-order valence-corrected chi connectivity index (χ4v) is 3.24. The van der Waals surface area contributed by atoms with Crippen LogP contribution >= 0.6 is 0 Å². The molecule has 0 bridgehead atoms. The van der Waals surface area contributed by atoms with E-state index in [9.17, 15) is 19.1 Å². The van der Waals surface area contributed by atoms with Crippen LogP contribution in [0.5, 0.6) is 5.75 Å². The van der Waals surface area contributed by atoms with Gasteiger partial charge in [0.1, 0.15) is 18.1 Å². The molecule has 0 saturated heterocycles. The van der Waals surface area contributed by atoms with Gasteiger partial charge in [-0.05, 0) is 54.6 Å². The van der Waals surface area contributed by atoms with Crippen LogP contribution in [0.2, 0.25) is 0 Å². The molecular weight excluding hydrogens is 411 g/mol. The standard InChI is InChI=1S/C24H19FN4O3/c25-18-7-9-19(10-8-18)27-23(31)15-29-14-17(21-3-1-2-4-22(21)29)13-26-28-24(32)16-5-11-20(30)12-6-16/h1-14,30H,15H2,(H,27,31)(H,28,32)/b26-13-. The van der Waals surface area contributed by atoms with Crippen molar-refractivity contribution in [2.75, 3.05) is 5.32 Å². The average Bonchev–Trinajstić information content (AvgIpc) is 3.13. The number of nitrogens with one attached hydrogen (secondary N) is 2. The van der Waals surface area contributed by atoms with Crippen LogP contribution in [0, 0.1) is 5.82 Å². The molecule has 0 atom stereocenters. The first-order valence-corrected chi connectivity index (χ1v) is 9.75. The van der Waals surface area contributed by atoms with E-state index in [4.69, 9.17) is 0 Å². The third-order valence-corrected chi connectivity index (χ3v) is 4.76. The number of rotatable bonds is 6. The van der Waals surface area contributed by atoms with Gasteiger partial charge in [-0.2, -0.15) is 5.10 Å². The van der Waals surface area contributed by atoms with Crippen molar-refractivity contribution in [1.29, 1.82) is 0 Å². The van der Waals surface area contributed by atoms with E-state index in [2.05, 4.69) is 15.8 Å². The Bertz CT molecular complexity index is 1300. The van der Waals surface area contributed by atoms with Gasteiger partial charge in [0.2, 0.25) is 5.91 Å². The van der Waals surface area contributed by atoms with E-state index in [0.29, 0.717) is 11.3 Å². The summed E-state index contributed by atoms with van der Waals surface area (Å²) in [5.74, 6) is -0.979. The normalized spacial score (nSPS) is 11.0. The molecule has 0 aliphatic heterocycles.